The number of fused-ring (bicyclic) bond motifs is 1. The second-order valence-electron chi connectivity index (χ2n) is 4.97. The maximum atomic E-state index is 11.5. The smallest absolute Gasteiger partial charge is 0.226 e. The van der Waals surface area contributed by atoms with E-state index in [0.717, 1.165) is 31.2 Å². The van der Waals surface area contributed by atoms with Crippen LogP contribution in [0.4, 0.5) is 0 Å². The van der Waals surface area contributed by atoms with E-state index in [1.807, 2.05) is 6.07 Å². The molecule has 19 heavy (non-hydrogen) atoms. The van der Waals surface area contributed by atoms with E-state index < -0.39 is 11.6 Å². The van der Waals surface area contributed by atoms with Crippen LogP contribution in [0.25, 0.3) is 5.57 Å². The highest BCUT2D eigenvalue weighted by Crippen LogP contribution is 2.36. The quantitative estimate of drug-likeness (QED) is 0.618. The zero-order valence-corrected chi connectivity index (χ0v) is 10.5. The van der Waals surface area contributed by atoms with Crippen molar-refractivity contribution in [3.05, 3.63) is 47.1 Å². The van der Waals surface area contributed by atoms with Gasteiger partial charge in [0.05, 0.1) is 0 Å². The van der Waals surface area contributed by atoms with E-state index in [4.69, 9.17) is 0 Å². The van der Waals surface area contributed by atoms with E-state index in [-0.39, 0.29) is 5.75 Å². The topological polar surface area (TPSA) is 54.4 Å². The molecular formula is C16H14O3. The molecule has 0 unspecified atom stereocenters. The summed E-state index contributed by atoms with van der Waals surface area (Å²) in [5, 5.41) is 10.1. The van der Waals surface area contributed by atoms with E-state index >= 15 is 0 Å². The molecule has 0 spiro atoms. The second-order valence-corrected chi connectivity index (χ2v) is 4.97. The monoisotopic (exact) mass is 254 g/mol. The van der Waals surface area contributed by atoms with Crippen LogP contribution < -0.4 is 0 Å². The number of phenols is 1. The maximum Gasteiger partial charge on any atom is 0.226 e. The van der Waals surface area contributed by atoms with Gasteiger partial charge in [-0.2, -0.15) is 0 Å². The first kappa shape index (κ1) is 11.9. The molecule has 0 saturated carbocycles. The minimum Gasteiger partial charge on any atom is -0.507 e. The Balaban J connectivity index is 2.15. The van der Waals surface area contributed by atoms with Crippen LogP contribution in [0.15, 0.2) is 30.4 Å². The summed E-state index contributed by atoms with van der Waals surface area (Å²) in [5.41, 5.74) is 3.71. The minimum atomic E-state index is -0.523. The summed E-state index contributed by atoms with van der Waals surface area (Å²) >= 11 is 0. The molecule has 1 N–H and O–H groups in total. The van der Waals surface area contributed by atoms with E-state index in [1.165, 1.54) is 17.7 Å². The summed E-state index contributed by atoms with van der Waals surface area (Å²) in [7, 11) is 0. The second kappa shape index (κ2) is 4.50. The third-order valence-corrected chi connectivity index (χ3v) is 3.74. The van der Waals surface area contributed by atoms with Crippen LogP contribution in [0, 0.1) is 0 Å². The number of aromatic hydroxyl groups is 1. The molecule has 0 amide bonds. The largest absolute Gasteiger partial charge is 0.507 e. The molecule has 96 valence electrons. The summed E-state index contributed by atoms with van der Waals surface area (Å²) in [6, 6.07) is 3.63. The number of rotatable bonds is 1. The van der Waals surface area contributed by atoms with E-state index in [2.05, 4.69) is 0 Å². The van der Waals surface area contributed by atoms with Crippen LogP contribution in [-0.4, -0.2) is 16.7 Å². The van der Waals surface area contributed by atoms with Gasteiger partial charge in [-0.25, -0.2) is 0 Å². The molecule has 0 aromatic heterocycles. The fraction of sp³-hybridized carbons (Fsp3) is 0.250. The van der Waals surface area contributed by atoms with Gasteiger partial charge in [-0.05, 0) is 60.6 Å². The van der Waals surface area contributed by atoms with Crippen molar-refractivity contribution in [2.75, 3.05) is 0 Å². The minimum absolute atomic E-state index is 0.179. The Morgan fingerprint density at radius 3 is 2.53 bits per heavy atom. The molecule has 2 aliphatic carbocycles. The maximum absolute atomic E-state index is 11.5. The number of allylic oxidation sites excluding steroid dienone is 4. The molecular weight excluding hydrogens is 240 g/mol. The Kier molecular flexibility index (Phi) is 2.82. The fourth-order valence-corrected chi connectivity index (χ4v) is 2.80. The van der Waals surface area contributed by atoms with Gasteiger partial charge in [-0.1, -0.05) is 12.1 Å². The summed E-state index contributed by atoms with van der Waals surface area (Å²) in [6.07, 6.45) is 8.38. The molecule has 0 radical (unpaired) electrons. The first-order valence-electron chi connectivity index (χ1n) is 6.49. The standard InChI is InChI=1S/C16H14O3/c17-13-7-6-11(9-15(13)19)16-12-4-2-1-3-10(12)5-8-14(16)18/h5-9,18H,1-4H2. The summed E-state index contributed by atoms with van der Waals surface area (Å²) in [4.78, 5) is 22.7. The van der Waals surface area contributed by atoms with Crippen LogP contribution in [0.2, 0.25) is 0 Å². The van der Waals surface area contributed by atoms with Gasteiger partial charge in [0.15, 0.2) is 0 Å². The number of carbonyl (C=O) groups is 2. The van der Waals surface area contributed by atoms with Gasteiger partial charge in [0.25, 0.3) is 0 Å². The normalized spacial score (nSPS) is 18.2. The number of benzene rings is 1. The molecule has 0 fully saturated rings. The van der Waals surface area contributed by atoms with Crippen molar-refractivity contribution >= 4 is 17.1 Å². The SMILES string of the molecule is O=C1C=CC(c2c(O)ccc3c2CCCC3)=CC1=O. The van der Waals surface area contributed by atoms with Crippen LogP contribution in [-0.2, 0) is 22.4 Å². The Morgan fingerprint density at radius 2 is 1.74 bits per heavy atom. The molecule has 1 aromatic carbocycles. The van der Waals surface area contributed by atoms with Gasteiger partial charge in [-0.15, -0.1) is 0 Å². The van der Waals surface area contributed by atoms with Crippen molar-refractivity contribution in [2.24, 2.45) is 0 Å². The Bertz CT molecular complexity index is 636. The first-order valence-corrected chi connectivity index (χ1v) is 6.49. The number of carbonyl (C=O) groups excluding carboxylic acids is 2. The Labute approximate surface area is 111 Å². The predicted octanol–water partition coefficient (Wildman–Crippen LogP) is 2.36. The number of phenolic OH excluding ortho intramolecular Hbond substituents is 1. The van der Waals surface area contributed by atoms with Gasteiger partial charge < -0.3 is 5.11 Å². The predicted molar refractivity (Wildman–Crippen MR) is 71.9 cm³/mol. The molecule has 3 rings (SSSR count). The van der Waals surface area contributed by atoms with Crippen LogP contribution in [0.5, 0.6) is 5.75 Å². The van der Waals surface area contributed by atoms with Crippen molar-refractivity contribution in [3.63, 3.8) is 0 Å². The lowest BCUT2D eigenvalue weighted by Crippen LogP contribution is -2.13. The van der Waals surface area contributed by atoms with Gasteiger partial charge in [0.1, 0.15) is 5.75 Å². The third kappa shape index (κ3) is 2.01. The summed E-state index contributed by atoms with van der Waals surface area (Å²) in [5.74, 6) is -0.850. The van der Waals surface area contributed by atoms with Crippen LogP contribution >= 0.6 is 0 Å². The average molecular weight is 254 g/mol. The van der Waals surface area contributed by atoms with Crippen molar-refractivity contribution < 1.29 is 14.7 Å². The zero-order valence-electron chi connectivity index (χ0n) is 10.5. The van der Waals surface area contributed by atoms with Gasteiger partial charge in [-0.3, -0.25) is 9.59 Å². The van der Waals surface area contributed by atoms with Gasteiger partial charge in [0, 0.05) is 5.56 Å². The molecule has 0 saturated heterocycles. The van der Waals surface area contributed by atoms with Crippen molar-refractivity contribution in [1.29, 1.82) is 0 Å². The summed E-state index contributed by atoms with van der Waals surface area (Å²) in [6.45, 7) is 0. The van der Waals surface area contributed by atoms with Gasteiger partial charge in [0.2, 0.25) is 11.6 Å². The molecule has 1 aromatic rings. The highest BCUT2D eigenvalue weighted by molar-refractivity contribution is 6.48. The number of hydrogen-bond donors (Lipinski definition) is 1. The fourth-order valence-electron chi connectivity index (χ4n) is 2.80. The molecule has 3 heteroatoms. The lowest BCUT2D eigenvalue weighted by molar-refractivity contribution is -0.131. The zero-order chi connectivity index (χ0) is 13.4. The lowest BCUT2D eigenvalue weighted by atomic mass is 9.84. The van der Waals surface area contributed by atoms with Crippen molar-refractivity contribution in [3.8, 4) is 5.75 Å². The molecule has 0 atom stereocenters. The number of ketones is 2. The Morgan fingerprint density at radius 1 is 0.947 bits per heavy atom. The molecule has 0 aliphatic heterocycles. The lowest BCUT2D eigenvalue weighted by Gasteiger charge is -2.21. The molecule has 0 bridgehead atoms. The van der Waals surface area contributed by atoms with E-state index in [0.29, 0.717) is 11.1 Å². The molecule has 2 aliphatic rings. The van der Waals surface area contributed by atoms with Crippen molar-refractivity contribution in [2.45, 2.75) is 25.7 Å². The first-order chi connectivity index (χ1) is 9.16. The van der Waals surface area contributed by atoms with Crippen LogP contribution in [0.1, 0.15) is 29.5 Å². The molecule has 3 nitrogen and oxygen atoms in total. The third-order valence-electron chi connectivity index (χ3n) is 3.74. The van der Waals surface area contributed by atoms with E-state index in [9.17, 15) is 14.7 Å². The number of hydrogen-bond acceptors (Lipinski definition) is 3. The van der Waals surface area contributed by atoms with E-state index in [1.54, 1.807) is 12.1 Å². The number of aryl methyl sites for hydroxylation is 1. The highest BCUT2D eigenvalue weighted by atomic mass is 16.3. The molecule has 0 heterocycles. The average Bonchev–Trinajstić information content (AvgIpc) is 2.42. The van der Waals surface area contributed by atoms with Crippen molar-refractivity contribution in [1.82, 2.24) is 0 Å². The Hall–Kier alpha value is -2.16. The van der Waals surface area contributed by atoms with Gasteiger partial charge >= 0.3 is 0 Å². The van der Waals surface area contributed by atoms with Crippen LogP contribution in [0.3, 0.4) is 0 Å². The highest BCUT2D eigenvalue weighted by Gasteiger charge is 2.21. The summed E-state index contributed by atoms with van der Waals surface area (Å²) < 4.78 is 0.